The second-order valence-corrected chi connectivity index (χ2v) is 8.48. The Kier molecular flexibility index (Phi) is 7.37. The van der Waals surface area contributed by atoms with E-state index in [1.807, 2.05) is 4.90 Å². The minimum absolute atomic E-state index is 0.0400. The third kappa shape index (κ3) is 5.77. The topological polar surface area (TPSA) is 122 Å². The van der Waals surface area contributed by atoms with Gasteiger partial charge < -0.3 is 14.7 Å². The molecule has 0 aliphatic carbocycles. The summed E-state index contributed by atoms with van der Waals surface area (Å²) < 4.78 is 32.1. The van der Waals surface area contributed by atoms with Gasteiger partial charge in [-0.25, -0.2) is 8.42 Å². The van der Waals surface area contributed by atoms with Gasteiger partial charge in [-0.1, -0.05) is 11.6 Å². The van der Waals surface area contributed by atoms with Crippen LogP contribution >= 0.6 is 0 Å². The number of hydrogen-bond donors (Lipinski definition) is 2. The first kappa shape index (κ1) is 21.4. The van der Waals surface area contributed by atoms with Crippen molar-refractivity contribution < 1.29 is 22.5 Å². The number of nitrogens with zero attached hydrogens (tertiary/aromatic N) is 2. The Balaban J connectivity index is 1.79. The average Bonchev–Trinajstić information content (AvgIpc) is 2.81. The van der Waals surface area contributed by atoms with E-state index in [1.54, 1.807) is 0 Å². The number of aromatic nitrogens is 1. The zero-order valence-electron chi connectivity index (χ0n) is 16.1. The van der Waals surface area contributed by atoms with Gasteiger partial charge in [0.25, 0.3) is 0 Å². The van der Waals surface area contributed by atoms with Crippen molar-refractivity contribution in [2.45, 2.75) is 63.8 Å². The monoisotopic (exact) mass is 400 g/mol. The van der Waals surface area contributed by atoms with Gasteiger partial charge in [-0.15, -0.1) is 0 Å². The molecule has 0 unspecified atom stereocenters. The maximum Gasteiger partial charge on any atom is 0.246 e. The van der Waals surface area contributed by atoms with E-state index in [1.165, 1.54) is 20.8 Å². The van der Waals surface area contributed by atoms with Crippen LogP contribution in [-0.4, -0.2) is 56.0 Å². The number of amides is 2. The SMILES string of the molecule is Cc1noc(C)c1S(=O)(=O)N[C@@H](C)C(=O)NCCCN1CCCCCC1=O. The van der Waals surface area contributed by atoms with Crippen LogP contribution in [0.3, 0.4) is 0 Å². The molecular weight excluding hydrogens is 372 g/mol. The number of aryl methyl sites for hydroxylation is 2. The minimum Gasteiger partial charge on any atom is -0.360 e. The largest absolute Gasteiger partial charge is 0.360 e. The fourth-order valence-electron chi connectivity index (χ4n) is 3.11. The van der Waals surface area contributed by atoms with Gasteiger partial charge in [0, 0.05) is 26.1 Å². The molecule has 2 amide bonds. The summed E-state index contributed by atoms with van der Waals surface area (Å²) >= 11 is 0. The van der Waals surface area contributed by atoms with E-state index in [0.717, 1.165) is 25.8 Å². The Morgan fingerprint density at radius 3 is 2.70 bits per heavy atom. The lowest BCUT2D eigenvalue weighted by Crippen LogP contribution is -2.45. The number of hydrogen-bond acceptors (Lipinski definition) is 6. The van der Waals surface area contributed by atoms with Crippen molar-refractivity contribution in [1.82, 2.24) is 20.1 Å². The molecule has 0 radical (unpaired) electrons. The first-order valence-electron chi connectivity index (χ1n) is 9.23. The molecule has 9 nitrogen and oxygen atoms in total. The molecule has 10 heteroatoms. The molecule has 1 aromatic heterocycles. The van der Waals surface area contributed by atoms with Crippen molar-refractivity contribution >= 4 is 21.8 Å². The predicted molar refractivity (Wildman–Crippen MR) is 98.4 cm³/mol. The van der Waals surface area contributed by atoms with Gasteiger partial charge in [-0.05, 0) is 40.0 Å². The molecular formula is C17H28N4O5S. The van der Waals surface area contributed by atoms with Crippen LogP contribution in [0.2, 0.25) is 0 Å². The van der Waals surface area contributed by atoms with Crippen molar-refractivity contribution in [3.8, 4) is 0 Å². The van der Waals surface area contributed by atoms with Crippen LogP contribution in [0, 0.1) is 13.8 Å². The van der Waals surface area contributed by atoms with Gasteiger partial charge in [0.15, 0.2) is 5.76 Å². The lowest BCUT2D eigenvalue weighted by Gasteiger charge is -2.20. The first-order valence-corrected chi connectivity index (χ1v) is 10.7. The molecule has 1 atom stereocenters. The third-order valence-corrected chi connectivity index (χ3v) is 6.32. The van der Waals surface area contributed by atoms with E-state index in [0.29, 0.717) is 25.9 Å². The molecule has 1 aliphatic rings. The Hall–Kier alpha value is -1.94. The summed E-state index contributed by atoms with van der Waals surface area (Å²) in [6.45, 7) is 6.24. The molecule has 27 heavy (non-hydrogen) atoms. The standard InChI is InChI=1S/C17H28N4O5S/c1-12-16(14(3)26-19-12)27(24,25)20-13(2)17(23)18-9-7-11-21-10-6-4-5-8-15(21)22/h13,20H,4-11H2,1-3H3,(H,18,23)/t13-/m0/s1. The zero-order chi connectivity index (χ0) is 20.0. The number of sulfonamides is 1. The molecule has 0 spiro atoms. The third-order valence-electron chi connectivity index (χ3n) is 4.54. The van der Waals surface area contributed by atoms with Crippen molar-refractivity contribution in [1.29, 1.82) is 0 Å². The maximum atomic E-state index is 12.4. The summed E-state index contributed by atoms with van der Waals surface area (Å²) in [6.07, 6.45) is 4.24. The second-order valence-electron chi connectivity index (χ2n) is 6.83. The van der Waals surface area contributed by atoms with Crippen molar-refractivity contribution in [3.05, 3.63) is 11.5 Å². The van der Waals surface area contributed by atoms with Crippen LogP contribution in [0.15, 0.2) is 9.42 Å². The van der Waals surface area contributed by atoms with E-state index in [2.05, 4.69) is 15.2 Å². The Labute approximate surface area is 159 Å². The normalized spacial score (nSPS) is 16.9. The molecule has 1 aromatic rings. The minimum atomic E-state index is -3.90. The molecule has 1 aliphatic heterocycles. The van der Waals surface area contributed by atoms with Gasteiger partial charge in [0.05, 0.1) is 6.04 Å². The number of carbonyl (C=O) groups excluding carboxylic acids is 2. The van der Waals surface area contributed by atoms with E-state index in [-0.39, 0.29) is 22.3 Å². The highest BCUT2D eigenvalue weighted by Gasteiger charge is 2.28. The van der Waals surface area contributed by atoms with Crippen LogP contribution in [-0.2, 0) is 19.6 Å². The van der Waals surface area contributed by atoms with Crippen molar-refractivity contribution in [2.24, 2.45) is 0 Å². The number of nitrogens with one attached hydrogen (secondary N) is 2. The molecule has 0 saturated carbocycles. The molecule has 1 fully saturated rings. The number of carbonyl (C=O) groups is 2. The lowest BCUT2D eigenvalue weighted by molar-refractivity contribution is -0.130. The van der Waals surface area contributed by atoms with Crippen LogP contribution in [0.25, 0.3) is 0 Å². The Bertz CT molecular complexity index is 755. The summed E-state index contributed by atoms with van der Waals surface area (Å²) in [5.41, 5.74) is 0.245. The highest BCUT2D eigenvalue weighted by Crippen LogP contribution is 2.18. The van der Waals surface area contributed by atoms with Crippen LogP contribution in [0.4, 0.5) is 0 Å². The van der Waals surface area contributed by atoms with E-state index in [9.17, 15) is 18.0 Å². The fraction of sp³-hybridized carbons (Fsp3) is 0.706. The van der Waals surface area contributed by atoms with Crippen LogP contribution in [0.1, 0.15) is 50.5 Å². The quantitative estimate of drug-likeness (QED) is 0.625. The fourth-order valence-corrected chi connectivity index (χ4v) is 4.65. The average molecular weight is 401 g/mol. The molecule has 1 saturated heterocycles. The molecule has 2 N–H and O–H groups in total. The van der Waals surface area contributed by atoms with Gasteiger partial charge in [0.1, 0.15) is 10.6 Å². The van der Waals surface area contributed by atoms with Crippen molar-refractivity contribution in [2.75, 3.05) is 19.6 Å². The lowest BCUT2D eigenvalue weighted by atomic mass is 10.2. The highest BCUT2D eigenvalue weighted by atomic mass is 32.2. The smallest absolute Gasteiger partial charge is 0.246 e. The van der Waals surface area contributed by atoms with Crippen molar-refractivity contribution in [3.63, 3.8) is 0 Å². The second kappa shape index (κ2) is 9.32. The van der Waals surface area contributed by atoms with Gasteiger partial charge >= 0.3 is 0 Å². The molecule has 0 aromatic carbocycles. The molecule has 0 bridgehead atoms. The summed E-state index contributed by atoms with van der Waals surface area (Å²) in [4.78, 5) is 25.9. The van der Waals surface area contributed by atoms with Gasteiger partial charge in [-0.3, -0.25) is 9.59 Å². The predicted octanol–water partition coefficient (Wildman–Crippen LogP) is 0.867. The highest BCUT2D eigenvalue weighted by molar-refractivity contribution is 7.89. The Morgan fingerprint density at radius 1 is 1.30 bits per heavy atom. The van der Waals surface area contributed by atoms with Gasteiger partial charge in [0.2, 0.25) is 21.8 Å². The van der Waals surface area contributed by atoms with Crippen LogP contribution in [0.5, 0.6) is 0 Å². The molecule has 152 valence electrons. The summed E-state index contributed by atoms with van der Waals surface area (Å²) in [5, 5.41) is 6.33. The zero-order valence-corrected chi connectivity index (χ0v) is 16.9. The van der Waals surface area contributed by atoms with E-state index in [4.69, 9.17) is 4.52 Å². The van der Waals surface area contributed by atoms with Gasteiger partial charge in [-0.2, -0.15) is 4.72 Å². The van der Waals surface area contributed by atoms with E-state index >= 15 is 0 Å². The first-order chi connectivity index (χ1) is 12.7. The molecule has 2 heterocycles. The van der Waals surface area contributed by atoms with E-state index < -0.39 is 22.0 Å². The summed E-state index contributed by atoms with van der Waals surface area (Å²) in [5.74, 6) is -0.0818. The number of rotatable bonds is 8. The molecule has 2 rings (SSSR count). The van der Waals surface area contributed by atoms with Crippen LogP contribution < -0.4 is 10.0 Å². The number of likely N-dealkylation sites (tertiary alicyclic amines) is 1. The summed E-state index contributed by atoms with van der Waals surface area (Å²) in [7, 11) is -3.90. The summed E-state index contributed by atoms with van der Waals surface area (Å²) in [6, 6.07) is -0.941. The Morgan fingerprint density at radius 2 is 2.04 bits per heavy atom. The maximum absolute atomic E-state index is 12.4.